The van der Waals surface area contributed by atoms with Crippen LogP contribution >= 0.6 is 11.8 Å². The lowest BCUT2D eigenvalue weighted by molar-refractivity contribution is 0.626. The minimum Gasteiger partial charge on any atom is -0.382 e. The van der Waals surface area contributed by atoms with Gasteiger partial charge in [-0.05, 0) is 24.6 Å². The number of thioether (sulfide) groups is 1. The average molecular weight is 274 g/mol. The molecular formula is C13H11FN4S. The molecule has 4 nitrogen and oxygen atoms in total. The van der Waals surface area contributed by atoms with E-state index in [1.807, 2.05) is 12.1 Å². The first kappa shape index (κ1) is 13.3. The van der Waals surface area contributed by atoms with Crippen molar-refractivity contribution in [3.05, 3.63) is 46.9 Å². The van der Waals surface area contributed by atoms with Crippen LogP contribution in [0, 0.1) is 24.1 Å². The fraction of sp³-hybridized carbons (Fsp3) is 0.154. The molecule has 96 valence electrons. The summed E-state index contributed by atoms with van der Waals surface area (Å²) in [7, 11) is 0. The van der Waals surface area contributed by atoms with Crippen LogP contribution in [0.3, 0.4) is 0 Å². The van der Waals surface area contributed by atoms with Gasteiger partial charge in [-0.15, -0.1) is 0 Å². The molecule has 19 heavy (non-hydrogen) atoms. The second-order valence-electron chi connectivity index (χ2n) is 3.88. The molecule has 2 N–H and O–H groups in total. The number of nitrogens with two attached hydrogens (primary N) is 1. The Morgan fingerprint density at radius 3 is 2.84 bits per heavy atom. The number of hydrogen-bond donors (Lipinski definition) is 1. The van der Waals surface area contributed by atoms with Crippen molar-refractivity contribution < 1.29 is 4.39 Å². The molecule has 0 aliphatic carbocycles. The molecule has 0 atom stereocenters. The molecule has 0 radical (unpaired) electrons. The molecule has 0 saturated heterocycles. The summed E-state index contributed by atoms with van der Waals surface area (Å²) in [5.41, 5.74) is 7.37. The number of halogens is 1. The van der Waals surface area contributed by atoms with E-state index in [0.717, 1.165) is 5.56 Å². The lowest BCUT2D eigenvalue weighted by Crippen LogP contribution is -2.02. The van der Waals surface area contributed by atoms with Gasteiger partial charge in [0, 0.05) is 5.75 Å². The highest BCUT2D eigenvalue weighted by atomic mass is 32.2. The van der Waals surface area contributed by atoms with Gasteiger partial charge in [-0.3, -0.25) is 0 Å². The van der Waals surface area contributed by atoms with E-state index in [1.54, 1.807) is 13.0 Å². The Balaban J connectivity index is 2.15. The zero-order chi connectivity index (χ0) is 13.8. The van der Waals surface area contributed by atoms with E-state index in [-0.39, 0.29) is 11.6 Å². The minimum atomic E-state index is -0.269. The zero-order valence-electron chi connectivity index (χ0n) is 10.2. The summed E-state index contributed by atoms with van der Waals surface area (Å²) in [6, 6.07) is 8.31. The second kappa shape index (κ2) is 5.67. The van der Waals surface area contributed by atoms with Crippen LogP contribution < -0.4 is 5.73 Å². The third-order valence-corrected chi connectivity index (χ3v) is 3.38. The lowest BCUT2D eigenvalue weighted by Gasteiger charge is -2.05. The number of aromatic nitrogens is 2. The van der Waals surface area contributed by atoms with E-state index in [4.69, 9.17) is 11.0 Å². The summed E-state index contributed by atoms with van der Waals surface area (Å²) in [5.74, 6) is 0.453. The van der Waals surface area contributed by atoms with Crippen LogP contribution in [0.5, 0.6) is 0 Å². The van der Waals surface area contributed by atoms with Gasteiger partial charge in [0.05, 0.1) is 5.69 Å². The number of anilines is 1. The van der Waals surface area contributed by atoms with E-state index < -0.39 is 0 Å². The zero-order valence-corrected chi connectivity index (χ0v) is 11.0. The predicted octanol–water partition coefficient (Wildman–Crippen LogP) is 2.67. The normalized spacial score (nSPS) is 10.2. The van der Waals surface area contributed by atoms with Crippen molar-refractivity contribution in [3.8, 4) is 6.07 Å². The molecule has 0 fully saturated rings. The average Bonchev–Trinajstić information content (AvgIpc) is 2.36. The van der Waals surface area contributed by atoms with Crippen LogP contribution in [0.1, 0.15) is 16.8 Å². The summed E-state index contributed by atoms with van der Waals surface area (Å²) in [6.45, 7) is 1.71. The van der Waals surface area contributed by atoms with E-state index in [1.165, 1.54) is 23.9 Å². The number of hydrogen-bond acceptors (Lipinski definition) is 5. The minimum absolute atomic E-state index is 0.178. The van der Waals surface area contributed by atoms with Gasteiger partial charge >= 0.3 is 0 Å². The first-order valence-corrected chi connectivity index (χ1v) is 6.50. The Hall–Kier alpha value is -2.13. The monoisotopic (exact) mass is 274 g/mol. The summed E-state index contributed by atoms with van der Waals surface area (Å²) >= 11 is 1.35. The first-order valence-electron chi connectivity index (χ1n) is 5.51. The molecule has 0 aliphatic rings. The maximum atomic E-state index is 13.0. The van der Waals surface area contributed by atoms with Crippen LogP contribution in [0.4, 0.5) is 10.2 Å². The van der Waals surface area contributed by atoms with Gasteiger partial charge in [0.2, 0.25) is 0 Å². The van der Waals surface area contributed by atoms with E-state index in [2.05, 4.69) is 9.97 Å². The Bertz CT molecular complexity index is 628. The van der Waals surface area contributed by atoms with Crippen molar-refractivity contribution in [1.82, 2.24) is 9.97 Å². The van der Waals surface area contributed by atoms with Crippen molar-refractivity contribution in [1.29, 1.82) is 5.26 Å². The number of nitrogen functional groups attached to an aromatic ring is 1. The number of nitrogens with zero attached hydrogens (tertiary/aromatic N) is 3. The van der Waals surface area contributed by atoms with Gasteiger partial charge in [-0.2, -0.15) is 5.26 Å². The largest absolute Gasteiger partial charge is 0.382 e. The highest BCUT2D eigenvalue weighted by Crippen LogP contribution is 2.22. The smallest absolute Gasteiger partial charge is 0.190 e. The molecule has 1 aromatic carbocycles. The third-order valence-electron chi connectivity index (χ3n) is 2.47. The summed E-state index contributed by atoms with van der Waals surface area (Å²) in [5, 5.41) is 9.35. The fourth-order valence-electron chi connectivity index (χ4n) is 1.55. The van der Waals surface area contributed by atoms with Crippen LogP contribution in [-0.4, -0.2) is 9.97 Å². The molecule has 6 heteroatoms. The molecule has 2 aromatic rings. The maximum Gasteiger partial charge on any atom is 0.190 e. The Morgan fingerprint density at radius 2 is 2.21 bits per heavy atom. The van der Waals surface area contributed by atoms with Crippen molar-refractivity contribution in [2.75, 3.05) is 5.73 Å². The molecule has 1 aromatic heterocycles. The van der Waals surface area contributed by atoms with Gasteiger partial charge in [0.25, 0.3) is 0 Å². The Morgan fingerprint density at radius 1 is 1.42 bits per heavy atom. The molecule has 0 spiro atoms. The Labute approximate surface area is 114 Å². The molecule has 0 saturated carbocycles. The highest BCUT2D eigenvalue weighted by Gasteiger charge is 2.09. The van der Waals surface area contributed by atoms with Crippen LogP contribution in [-0.2, 0) is 5.75 Å². The quantitative estimate of drug-likeness (QED) is 0.688. The molecular weight excluding hydrogens is 263 g/mol. The summed E-state index contributed by atoms with van der Waals surface area (Å²) in [6.07, 6.45) is 0. The number of benzene rings is 1. The van der Waals surface area contributed by atoms with Crippen LogP contribution in [0.25, 0.3) is 0 Å². The standard InChI is InChI=1S/C13H11FN4S/c1-8-11(6-15)12(16)18-13(17-8)19-7-9-3-2-4-10(14)5-9/h2-5H,7H2,1H3,(H2,16,17,18). The Kier molecular flexibility index (Phi) is 3.97. The van der Waals surface area contributed by atoms with E-state index >= 15 is 0 Å². The number of rotatable bonds is 3. The lowest BCUT2D eigenvalue weighted by atomic mass is 10.2. The molecule has 0 aliphatic heterocycles. The van der Waals surface area contributed by atoms with Gasteiger partial charge in [0.1, 0.15) is 23.3 Å². The maximum absolute atomic E-state index is 13.0. The van der Waals surface area contributed by atoms with Crippen molar-refractivity contribution >= 4 is 17.6 Å². The molecule has 0 bridgehead atoms. The predicted molar refractivity (Wildman–Crippen MR) is 71.9 cm³/mol. The topological polar surface area (TPSA) is 75.6 Å². The fourth-order valence-corrected chi connectivity index (χ4v) is 2.39. The molecule has 1 heterocycles. The molecule has 2 rings (SSSR count). The van der Waals surface area contributed by atoms with Gasteiger partial charge in [-0.25, -0.2) is 14.4 Å². The molecule has 0 amide bonds. The van der Waals surface area contributed by atoms with Crippen molar-refractivity contribution in [3.63, 3.8) is 0 Å². The van der Waals surface area contributed by atoms with Crippen molar-refractivity contribution in [2.24, 2.45) is 0 Å². The van der Waals surface area contributed by atoms with E-state index in [9.17, 15) is 4.39 Å². The SMILES string of the molecule is Cc1nc(SCc2cccc(F)c2)nc(N)c1C#N. The van der Waals surface area contributed by atoms with Crippen molar-refractivity contribution in [2.45, 2.75) is 17.8 Å². The number of nitriles is 1. The number of aryl methyl sites for hydroxylation is 1. The summed E-state index contributed by atoms with van der Waals surface area (Å²) in [4.78, 5) is 8.25. The van der Waals surface area contributed by atoms with Crippen LogP contribution in [0.15, 0.2) is 29.4 Å². The first-order chi connectivity index (χ1) is 9.10. The third kappa shape index (κ3) is 3.20. The van der Waals surface area contributed by atoms with E-state index in [0.29, 0.717) is 22.2 Å². The summed E-state index contributed by atoms with van der Waals surface area (Å²) < 4.78 is 13.0. The van der Waals surface area contributed by atoms with Gasteiger partial charge < -0.3 is 5.73 Å². The van der Waals surface area contributed by atoms with Gasteiger partial charge in [0.15, 0.2) is 5.16 Å². The van der Waals surface area contributed by atoms with Crippen LogP contribution in [0.2, 0.25) is 0 Å². The molecule has 0 unspecified atom stereocenters. The highest BCUT2D eigenvalue weighted by molar-refractivity contribution is 7.98. The van der Waals surface area contributed by atoms with Gasteiger partial charge in [-0.1, -0.05) is 23.9 Å². The second-order valence-corrected chi connectivity index (χ2v) is 4.82.